The van der Waals surface area contributed by atoms with Crippen LogP contribution >= 0.6 is 11.8 Å². The highest BCUT2D eigenvalue weighted by Gasteiger charge is 2.12. The highest BCUT2D eigenvalue weighted by atomic mass is 32.2. The molecule has 31 heavy (non-hydrogen) atoms. The molecule has 0 spiro atoms. The van der Waals surface area contributed by atoms with Gasteiger partial charge in [-0.3, -0.25) is 4.79 Å². The number of hydrogen-bond donors (Lipinski definition) is 1. The van der Waals surface area contributed by atoms with Crippen LogP contribution in [0.15, 0.2) is 66.7 Å². The van der Waals surface area contributed by atoms with Gasteiger partial charge in [0, 0.05) is 30.1 Å². The minimum absolute atomic E-state index is 0.000627. The third kappa shape index (κ3) is 6.31. The number of benzene rings is 2. The molecule has 5 nitrogen and oxygen atoms in total. The molecule has 1 saturated heterocycles. The highest BCUT2D eigenvalue weighted by molar-refractivity contribution is 7.99. The van der Waals surface area contributed by atoms with E-state index in [1.54, 1.807) is 11.8 Å². The molecule has 6 heteroatoms. The Labute approximate surface area is 188 Å². The second-order valence-corrected chi connectivity index (χ2v) is 8.77. The van der Waals surface area contributed by atoms with E-state index in [0.717, 1.165) is 41.6 Å². The fraction of sp³-hybridized carbons (Fsp3) is 0.320. The molecule has 160 valence electrons. The topological polar surface area (TPSA) is 58.1 Å². The number of nitrogens with zero attached hydrogens (tertiary/aromatic N) is 3. The molecule has 0 bridgehead atoms. The van der Waals surface area contributed by atoms with Crippen LogP contribution < -0.4 is 10.2 Å². The number of thioether (sulfide) groups is 1. The van der Waals surface area contributed by atoms with E-state index in [1.807, 2.05) is 48.5 Å². The standard InChI is InChI=1S/C25H28N4OS/c30-25(19-31-18-20-9-4-3-5-10-20)26-22-12-8-11-21(17-22)23-13-14-24(28-27-23)29-15-6-1-2-7-16-29/h3-5,8-14,17H,1-2,6-7,15-16,18-19H2,(H,26,30). The van der Waals surface area contributed by atoms with Gasteiger partial charge < -0.3 is 10.2 Å². The lowest BCUT2D eigenvalue weighted by Crippen LogP contribution is -2.25. The SMILES string of the molecule is O=C(CSCc1ccccc1)Nc1cccc(-c2ccc(N3CCCCCC3)nn2)c1. The minimum Gasteiger partial charge on any atom is -0.355 e. The fourth-order valence-corrected chi connectivity index (χ4v) is 4.52. The Kier molecular flexibility index (Phi) is 7.56. The first kappa shape index (κ1) is 21.4. The molecule has 1 aliphatic rings. The average molecular weight is 433 g/mol. The number of aromatic nitrogens is 2. The molecule has 2 aromatic carbocycles. The van der Waals surface area contributed by atoms with E-state index in [9.17, 15) is 4.79 Å². The van der Waals surface area contributed by atoms with Gasteiger partial charge in [0.05, 0.1) is 11.4 Å². The molecule has 0 saturated carbocycles. The predicted molar refractivity (Wildman–Crippen MR) is 129 cm³/mol. The number of hydrogen-bond acceptors (Lipinski definition) is 5. The number of carbonyl (C=O) groups is 1. The first-order chi connectivity index (χ1) is 15.3. The lowest BCUT2D eigenvalue weighted by Gasteiger charge is -2.20. The molecular formula is C25H28N4OS. The molecule has 4 rings (SSSR count). The summed E-state index contributed by atoms with van der Waals surface area (Å²) in [6.07, 6.45) is 5.03. The summed E-state index contributed by atoms with van der Waals surface area (Å²) in [7, 11) is 0. The lowest BCUT2D eigenvalue weighted by molar-refractivity contribution is -0.113. The van der Waals surface area contributed by atoms with Crippen molar-refractivity contribution in [3.05, 3.63) is 72.3 Å². The van der Waals surface area contributed by atoms with Crippen LogP contribution in [0.3, 0.4) is 0 Å². The molecule has 1 amide bonds. The molecule has 1 aliphatic heterocycles. The van der Waals surface area contributed by atoms with Gasteiger partial charge in [0.25, 0.3) is 0 Å². The Morgan fingerprint density at radius 1 is 0.903 bits per heavy atom. The first-order valence-electron chi connectivity index (χ1n) is 10.9. The largest absolute Gasteiger partial charge is 0.355 e. The average Bonchev–Trinajstić information content (AvgIpc) is 3.10. The quantitative estimate of drug-likeness (QED) is 0.542. The maximum absolute atomic E-state index is 12.3. The number of rotatable bonds is 7. The van der Waals surface area contributed by atoms with Gasteiger partial charge in [-0.05, 0) is 42.7 Å². The minimum atomic E-state index is 0.000627. The summed E-state index contributed by atoms with van der Waals surface area (Å²) in [5, 5.41) is 11.9. The molecular weight excluding hydrogens is 404 g/mol. The third-order valence-corrected chi connectivity index (χ3v) is 6.37. The Balaban J connectivity index is 1.33. The molecule has 3 aromatic rings. The van der Waals surface area contributed by atoms with E-state index in [0.29, 0.717) is 5.75 Å². The van der Waals surface area contributed by atoms with Crippen LogP contribution in [0.1, 0.15) is 31.2 Å². The fourth-order valence-electron chi connectivity index (χ4n) is 3.74. The molecule has 0 unspecified atom stereocenters. The van der Waals surface area contributed by atoms with Crippen LogP contribution in [0, 0.1) is 0 Å². The van der Waals surface area contributed by atoms with Gasteiger partial charge in [0.2, 0.25) is 5.91 Å². The van der Waals surface area contributed by atoms with Crippen LogP contribution in [-0.2, 0) is 10.5 Å². The van der Waals surface area contributed by atoms with Crippen LogP contribution in [-0.4, -0.2) is 34.9 Å². The van der Waals surface area contributed by atoms with Crippen molar-refractivity contribution >= 4 is 29.2 Å². The zero-order chi connectivity index (χ0) is 21.3. The molecule has 0 radical (unpaired) electrons. The summed E-state index contributed by atoms with van der Waals surface area (Å²) >= 11 is 1.61. The zero-order valence-corrected chi connectivity index (χ0v) is 18.5. The third-order valence-electron chi connectivity index (χ3n) is 5.37. The summed E-state index contributed by atoms with van der Waals surface area (Å²) in [6.45, 7) is 2.11. The summed E-state index contributed by atoms with van der Waals surface area (Å²) in [5.74, 6) is 2.20. The van der Waals surface area contributed by atoms with Gasteiger partial charge in [-0.15, -0.1) is 22.0 Å². The van der Waals surface area contributed by atoms with E-state index in [-0.39, 0.29) is 5.91 Å². The first-order valence-corrected chi connectivity index (χ1v) is 12.0. The van der Waals surface area contributed by atoms with Gasteiger partial charge in [-0.2, -0.15) is 0 Å². The second kappa shape index (κ2) is 11.0. The van der Waals surface area contributed by atoms with Crippen molar-refractivity contribution in [3.63, 3.8) is 0 Å². The van der Waals surface area contributed by atoms with Crippen LogP contribution in [0.5, 0.6) is 0 Å². The molecule has 0 aliphatic carbocycles. The number of nitrogens with one attached hydrogen (secondary N) is 1. The van der Waals surface area contributed by atoms with Crippen molar-refractivity contribution in [3.8, 4) is 11.3 Å². The molecule has 0 atom stereocenters. The Hall–Kier alpha value is -2.86. The Bertz CT molecular complexity index is 970. The smallest absolute Gasteiger partial charge is 0.234 e. The summed E-state index contributed by atoms with van der Waals surface area (Å²) in [5.41, 5.74) is 3.77. The zero-order valence-electron chi connectivity index (χ0n) is 17.7. The van der Waals surface area contributed by atoms with Gasteiger partial charge in [0.1, 0.15) is 0 Å². The number of amides is 1. The predicted octanol–water partition coefficient (Wildman–Crippen LogP) is 5.40. The van der Waals surface area contributed by atoms with Crippen molar-refractivity contribution in [2.45, 2.75) is 31.4 Å². The van der Waals surface area contributed by atoms with Gasteiger partial charge in [-0.1, -0.05) is 55.3 Å². The van der Waals surface area contributed by atoms with Crippen molar-refractivity contribution in [1.82, 2.24) is 10.2 Å². The monoisotopic (exact) mass is 432 g/mol. The summed E-state index contributed by atoms with van der Waals surface area (Å²) in [4.78, 5) is 14.7. The van der Waals surface area contributed by atoms with E-state index in [4.69, 9.17) is 0 Å². The van der Waals surface area contributed by atoms with E-state index >= 15 is 0 Å². The molecule has 1 aromatic heterocycles. The molecule has 1 N–H and O–H groups in total. The maximum atomic E-state index is 12.3. The molecule has 1 fully saturated rings. The van der Waals surface area contributed by atoms with Crippen LogP contribution in [0.25, 0.3) is 11.3 Å². The maximum Gasteiger partial charge on any atom is 0.234 e. The van der Waals surface area contributed by atoms with E-state index in [2.05, 4.69) is 38.6 Å². The lowest BCUT2D eigenvalue weighted by atomic mass is 10.1. The normalized spacial score (nSPS) is 14.1. The van der Waals surface area contributed by atoms with Crippen LogP contribution in [0.4, 0.5) is 11.5 Å². The van der Waals surface area contributed by atoms with Gasteiger partial charge in [-0.25, -0.2) is 0 Å². The van der Waals surface area contributed by atoms with E-state index in [1.165, 1.54) is 31.2 Å². The summed E-state index contributed by atoms with van der Waals surface area (Å²) < 4.78 is 0. The Morgan fingerprint density at radius 3 is 2.45 bits per heavy atom. The van der Waals surface area contributed by atoms with Crippen molar-refractivity contribution in [2.24, 2.45) is 0 Å². The summed E-state index contributed by atoms with van der Waals surface area (Å²) in [6, 6.07) is 22.1. The van der Waals surface area contributed by atoms with Crippen molar-refractivity contribution < 1.29 is 4.79 Å². The van der Waals surface area contributed by atoms with Gasteiger partial charge >= 0.3 is 0 Å². The highest BCUT2D eigenvalue weighted by Crippen LogP contribution is 2.23. The van der Waals surface area contributed by atoms with Crippen LogP contribution in [0.2, 0.25) is 0 Å². The van der Waals surface area contributed by atoms with Crippen molar-refractivity contribution in [1.29, 1.82) is 0 Å². The van der Waals surface area contributed by atoms with Crippen molar-refractivity contribution in [2.75, 3.05) is 29.1 Å². The second-order valence-electron chi connectivity index (χ2n) is 7.79. The molecule has 2 heterocycles. The van der Waals surface area contributed by atoms with E-state index < -0.39 is 0 Å². The van der Waals surface area contributed by atoms with Gasteiger partial charge in [0.15, 0.2) is 5.82 Å². The Morgan fingerprint density at radius 2 is 1.71 bits per heavy atom. The number of anilines is 2. The number of carbonyl (C=O) groups excluding carboxylic acids is 1.